The van der Waals surface area contributed by atoms with Gasteiger partial charge in [-0.15, -0.1) is 0 Å². The number of carbonyl (C=O) groups excluding carboxylic acids is 1. The smallest absolute Gasteiger partial charge is 0.180 e. The molecular weight excluding hydrogens is 358 g/mol. The minimum Gasteiger partial charge on any atom is -0.293 e. The summed E-state index contributed by atoms with van der Waals surface area (Å²) in [5.41, 5.74) is 1.37. The highest BCUT2D eigenvalue weighted by molar-refractivity contribution is 9.10. The highest BCUT2D eigenvalue weighted by atomic mass is 79.9. The molecule has 0 aromatic carbocycles. The SMILES string of the molecule is CC[Si](CC)(CC)c1cc(Br)nc(C(C)=O)c1-n1cccn1. The summed E-state index contributed by atoms with van der Waals surface area (Å²) in [5.74, 6) is -0.0285. The maximum absolute atomic E-state index is 12.1. The van der Waals surface area contributed by atoms with Crippen molar-refractivity contribution in [2.24, 2.45) is 0 Å². The van der Waals surface area contributed by atoms with E-state index >= 15 is 0 Å². The normalized spacial score (nSPS) is 11.7. The largest absolute Gasteiger partial charge is 0.293 e. The molecule has 0 bridgehead atoms. The molecule has 2 rings (SSSR count). The van der Waals surface area contributed by atoms with Gasteiger partial charge in [-0.2, -0.15) is 5.10 Å². The first-order chi connectivity index (χ1) is 10.5. The number of rotatable bonds is 6. The third-order valence-corrected chi connectivity index (χ3v) is 10.6. The van der Waals surface area contributed by atoms with E-state index in [4.69, 9.17) is 0 Å². The van der Waals surface area contributed by atoms with E-state index < -0.39 is 8.07 Å². The molecular formula is C16H22BrN3OSi. The summed E-state index contributed by atoms with van der Waals surface area (Å²) in [5, 5.41) is 5.64. The van der Waals surface area contributed by atoms with Crippen LogP contribution >= 0.6 is 15.9 Å². The van der Waals surface area contributed by atoms with Crippen molar-refractivity contribution in [3.8, 4) is 5.69 Å². The standard InChI is InChI=1S/C16H22BrN3OSi/c1-5-22(6-2,7-3)13-11-14(17)19-15(12(4)21)16(13)20-10-8-9-18-20/h8-11H,5-7H2,1-4H3. The Kier molecular flexibility index (Phi) is 5.34. The van der Waals surface area contributed by atoms with Crippen LogP contribution in [-0.4, -0.2) is 28.6 Å². The lowest BCUT2D eigenvalue weighted by Gasteiger charge is -2.31. The van der Waals surface area contributed by atoms with Gasteiger partial charge >= 0.3 is 0 Å². The Labute approximate surface area is 141 Å². The van der Waals surface area contributed by atoms with Gasteiger partial charge in [0.2, 0.25) is 0 Å². The zero-order valence-electron chi connectivity index (χ0n) is 13.6. The molecule has 0 fully saturated rings. The summed E-state index contributed by atoms with van der Waals surface area (Å²) in [6.07, 6.45) is 3.63. The zero-order chi connectivity index (χ0) is 16.3. The summed E-state index contributed by atoms with van der Waals surface area (Å²) in [6, 6.07) is 7.40. The Morgan fingerprint density at radius 2 is 1.91 bits per heavy atom. The Morgan fingerprint density at radius 3 is 2.36 bits per heavy atom. The van der Waals surface area contributed by atoms with E-state index in [1.807, 2.05) is 12.3 Å². The molecule has 0 aliphatic rings. The molecule has 0 amide bonds. The van der Waals surface area contributed by atoms with E-state index in [1.54, 1.807) is 17.8 Å². The minimum absolute atomic E-state index is 0.0285. The second-order valence-corrected chi connectivity index (χ2v) is 11.6. The Bertz CT molecular complexity index is 658. The number of ketones is 1. The molecule has 2 aromatic rings. The quantitative estimate of drug-likeness (QED) is 0.433. The van der Waals surface area contributed by atoms with Crippen LogP contribution in [-0.2, 0) is 0 Å². The lowest BCUT2D eigenvalue weighted by atomic mass is 10.2. The van der Waals surface area contributed by atoms with Crippen LogP contribution in [0, 0.1) is 0 Å². The molecule has 0 spiro atoms. The second-order valence-electron chi connectivity index (χ2n) is 5.54. The summed E-state index contributed by atoms with van der Waals surface area (Å²) < 4.78 is 2.53. The van der Waals surface area contributed by atoms with Crippen LogP contribution in [0.5, 0.6) is 0 Å². The lowest BCUT2D eigenvalue weighted by Crippen LogP contribution is -2.48. The monoisotopic (exact) mass is 379 g/mol. The highest BCUT2D eigenvalue weighted by Crippen LogP contribution is 2.26. The van der Waals surface area contributed by atoms with Gasteiger partial charge in [0.15, 0.2) is 5.78 Å². The van der Waals surface area contributed by atoms with Gasteiger partial charge in [-0.25, -0.2) is 9.67 Å². The molecule has 2 heterocycles. The predicted octanol–water partition coefficient (Wildman–Crippen LogP) is 3.95. The molecule has 22 heavy (non-hydrogen) atoms. The van der Waals surface area contributed by atoms with Crippen LogP contribution in [0.2, 0.25) is 18.1 Å². The fraction of sp³-hybridized carbons (Fsp3) is 0.438. The summed E-state index contributed by atoms with van der Waals surface area (Å²) >= 11 is 3.49. The number of carbonyl (C=O) groups is 1. The third-order valence-electron chi connectivity index (χ3n) is 4.63. The average molecular weight is 380 g/mol. The van der Waals surface area contributed by atoms with Gasteiger partial charge in [0, 0.05) is 19.3 Å². The first-order valence-corrected chi connectivity index (χ1v) is 11.1. The topological polar surface area (TPSA) is 47.8 Å². The van der Waals surface area contributed by atoms with Crippen LogP contribution < -0.4 is 5.19 Å². The molecule has 0 saturated heterocycles. The van der Waals surface area contributed by atoms with Crippen molar-refractivity contribution in [3.05, 3.63) is 34.8 Å². The van der Waals surface area contributed by atoms with Crippen molar-refractivity contribution in [2.75, 3.05) is 0 Å². The van der Waals surface area contributed by atoms with Crippen LogP contribution in [0.15, 0.2) is 29.1 Å². The molecule has 4 nitrogen and oxygen atoms in total. The molecule has 0 saturated carbocycles. The van der Waals surface area contributed by atoms with E-state index in [1.165, 1.54) is 5.19 Å². The molecule has 0 atom stereocenters. The molecule has 0 aliphatic heterocycles. The van der Waals surface area contributed by atoms with Gasteiger partial charge in [-0.1, -0.05) is 38.9 Å². The lowest BCUT2D eigenvalue weighted by molar-refractivity contribution is 0.101. The number of pyridine rings is 1. The van der Waals surface area contributed by atoms with Gasteiger partial charge in [0.25, 0.3) is 0 Å². The van der Waals surface area contributed by atoms with Crippen molar-refractivity contribution in [2.45, 2.75) is 45.8 Å². The van der Waals surface area contributed by atoms with Gasteiger partial charge in [0.05, 0.1) is 13.8 Å². The number of hydrogen-bond donors (Lipinski definition) is 0. The van der Waals surface area contributed by atoms with Crippen LogP contribution in [0.25, 0.3) is 5.69 Å². The van der Waals surface area contributed by atoms with Crippen LogP contribution in [0.3, 0.4) is 0 Å². The van der Waals surface area contributed by atoms with Crippen molar-refractivity contribution in [1.82, 2.24) is 14.8 Å². The highest BCUT2D eigenvalue weighted by Gasteiger charge is 2.34. The zero-order valence-corrected chi connectivity index (χ0v) is 16.1. The maximum Gasteiger partial charge on any atom is 0.180 e. The van der Waals surface area contributed by atoms with Crippen molar-refractivity contribution in [1.29, 1.82) is 0 Å². The van der Waals surface area contributed by atoms with Crippen molar-refractivity contribution in [3.63, 3.8) is 0 Å². The number of Topliss-reactive ketones (excluding diaryl/α,β-unsaturated/α-hetero) is 1. The summed E-state index contributed by atoms with van der Waals surface area (Å²) in [4.78, 5) is 16.6. The molecule has 0 radical (unpaired) electrons. The summed E-state index contributed by atoms with van der Waals surface area (Å²) in [6.45, 7) is 8.34. The minimum atomic E-state index is -1.69. The van der Waals surface area contributed by atoms with E-state index in [2.05, 4.69) is 52.9 Å². The van der Waals surface area contributed by atoms with Crippen LogP contribution in [0.1, 0.15) is 38.2 Å². The van der Waals surface area contributed by atoms with Gasteiger partial charge < -0.3 is 0 Å². The predicted molar refractivity (Wildman–Crippen MR) is 95.9 cm³/mol. The number of hydrogen-bond acceptors (Lipinski definition) is 3. The first kappa shape index (κ1) is 17.1. The number of halogens is 1. The van der Waals surface area contributed by atoms with E-state index in [0.29, 0.717) is 5.69 Å². The van der Waals surface area contributed by atoms with Gasteiger partial charge in [-0.05, 0) is 33.2 Å². The van der Waals surface area contributed by atoms with E-state index in [-0.39, 0.29) is 5.78 Å². The van der Waals surface area contributed by atoms with E-state index in [9.17, 15) is 4.79 Å². The van der Waals surface area contributed by atoms with Gasteiger partial charge in [-0.3, -0.25) is 4.79 Å². The fourth-order valence-corrected chi connectivity index (χ4v) is 7.55. The third kappa shape index (κ3) is 2.94. The second kappa shape index (κ2) is 6.87. The van der Waals surface area contributed by atoms with Gasteiger partial charge in [0.1, 0.15) is 10.3 Å². The Balaban J connectivity index is 2.85. The molecule has 2 aromatic heterocycles. The molecule has 0 unspecified atom stereocenters. The number of aromatic nitrogens is 3. The Hall–Kier alpha value is -1.27. The average Bonchev–Trinajstić information content (AvgIpc) is 3.03. The fourth-order valence-electron chi connectivity index (χ4n) is 3.11. The van der Waals surface area contributed by atoms with Crippen molar-refractivity contribution < 1.29 is 4.79 Å². The summed E-state index contributed by atoms with van der Waals surface area (Å²) in [7, 11) is -1.69. The van der Waals surface area contributed by atoms with Crippen LogP contribution in [0.4, 0.5) is 0 Å². The molecule has 6 heteroatoms. The van der Waals surface area contributed by atoms with E-state index in [0.717, 1.165) is 28.4 Å². The molecule has 0 aliphatic carbocycles. The first-order valence-electron chi connectivity index (χ1n) is 7.71. The maximum atomic E-state index is 12.1. The molecule has 0 N–H and O–H groups in total. The number of nitrogens with zero attached hydrogens (tertiary/aromatic N) is 3. The Morgan fingerprint density at radius 1 is 1.27 bits per heavy atom. The molecule has 118 valence electrons. The van der Waals surface area contributed by atoms with Crippen molar-refractivity contribution >= 4 is 35.0 Å².